The molecule has 4 heteroatoms. The number of ether oxygens (including phenoxy) is 1. The average molecular weight is 281 g/mol. The zero-order valence-corrected chi connectivity index (χ0v) is 11.3. The predicted octanol–water partition coefficient (Wildman–Crippen LogP) is 3.59. The maximum atomic E-state index is 12.5. The van der Waals surface area contributed by atoms with Gasteiger partial charge in [-0.15, -0.1) is 0 Å². The molecule has 0 bridgehead atoms. The first kappa shape index (κ1) is 12.8. The maximum Gasteiger partial charge on any atom is 0.184 e. The molecule has 0 aromatic heterocycles. The quantitative estimate of drug-likeness (QED) is 0.789. The summed E-state index contributed by atoms with van der Waals surface area (Å²) < 4.78 is 5.96. The van der Waals surface area contributed by atoms with E-state index in [-0.39, 0.29) is 5.78 Å². The van der Waals surface area contributed by atoms with Crippen LogP contribution in [0.1, 0.15) is 22.0 Å². The van der Waals surface area contributed by atoms with Gasteiger partial charge >= 0.3 is 0 Å². The molecule has 0 fully saturated rings. The number of benzene rings is 2. The second-order valence-corrected chi connectivity index (χ2v) is 5.37. The van der Waals surface area contributed by atoms with Gasteiger partial charge in [-0.1, -0.05) is 42.5 Å². The average Bonchev–Trinajstić information content (AvgIpc) is 2.51. The first-order chi connectivity index (χ1) is 9.81. The molecule has 3 nitrogen and oxygen atoms in total. The van der Waals surface area contributed by atoms with Crippen molar-refractivity contribution in [2.45, 2.75) is 11.4 Å². The lowest BCUT2D eigenvalue weighted by atomic mass is 9.96. The summed E-state index contributed by atoms with van der Waals surface area (Å²) in [6.07, 6.45) is -0.428. The van der Waals surface area contributed by atoms with E-state index in [1.54, 1.807) is 18.2 Å². The van der Waals surface area contributed by atoms with Gasteiger partial charge in [0.1, 0.15) is 22.5 Å². The Morgan fingerprint density at radius 1 is 1.05 bits per heavy atom. The van der Waals surface area contributed by atoms with Crippen LogP contribution in [0.25, 0.3) is 0 Å². The van der Waals surface area contributed by atoms with Crippen molar-refractivity contribution in [1.29, 1.82) is 5.26 Å². The molecule has 2 atom stereocenters. The number of rotatable bonds is 2. The summed E-state index contributed by atoms with van der Waals surface area (Å²) in [6, 6.07) is 16.7. The molecular weight excluding hydrogens is 270 g/mol. The molecule has 0 radical (unpaired) electrons. The summed E-state index contributed by atoms with van der Waals surface area (Å²) in [6.45, 7) is 0. The summed E-state index contributed by atoms with van der Waals surface area (Å²) in [5.74, 6) is 0.536. The maximum absolute atomic E-state index is 12.5. The molecule has 0 saturated heterocycles. The second-order valence-electron chi connectivity index (χ2n) is 4.44. The minimum Gasteiger partial charge on any atom is -0.483 e. The minimum atomic E-state index is -0.530. The number of thioether (sulfide) groups is 1. The van der Waals surface area contributed by atoms with Crippen LogP contribution in [0, 0.1) is 10.7 Å². The molecule has 1 heterocycles. The Kier molecular flexibility index (Phi) is 3.44. The van der Waals surface area contributed by atoms with Gasteiger partial charge in [0.25, 0.3) is 0 Å². The Bertz CT molecular complexity index is 678. The molecule has 2 unspecified atom stereocenters. The van der Waals surface area contributed by atoms with Gasteiger partial charge in [0.15, 0.2) is 5.78 Å². The molecule has 20 heavy (non-hydrogen) atoms. The van der Waals surface area contributed by atoms with E-state index in [1.165, 1.54) is 0 Å². The number of hydrogen-bond acceptors (Lipinski definition) is 4. The van der Waals surface area contributed by atoms with E-state index in [1.807, 2.05) is 41.8 Å². The fourth-order valence-electron chi connectivity index (χ4n) is 2.32. The molecule has 0 aliphatic carbocycles. The van der Waals surface area contributed by atoms with Crippen LogP contribution >= 0.6 is 11.8 Å². The molecule has 0 saturated carbocycles. The predicted molar refractivity (Wildman–Crippen MR) is 77.6 cm³/mol. The molecule has 3 rings (SSSR count). The number of nitrogens with zero attached hydrogens (tertiary/aromatic N) is 1. The fourth-order valence-corrected chi connectivity index (χ4v) is 3.00. The number of nitriles is 1. The molecule has 1 aliphatic heterocycles. The molecular formula is C16H11NO2S. The van der Waals surface area contributed by atoms with Gasteiger partial charge < -0.3 is 4.74 Å². The van der Waals surface area contributed by atoms with Crippen molar-refractivity contribution >= 4 is 17.5 Å². The summed E-state index contributed by atoms with van der Waals surface area (Å²) in [4.78, 5) is 12.5. The number of Topliss-reactive ketones (excluding diaryl/α,β-unsaturated/α-hetero) is 1. The third-order valence-electron chi connectivity index (χ3n) is 3.25. The summed E-state index contributed by atoms with van der Waals surface area (Å²) in [7, 11) is 0. The minimum absolute atomic E-state index is 0.0488. The van der Waals surface area contributed by atoms with Gasteiger partial charge in [-0.25, -0.2) is 0 Å². The highest BCUT2D eigenvalue weighted by Gasteiger charge is 2.38. The van der Waals surface area contributed by atoms with Gasteiger partial charge in [0.05, 0.1) is 5.56 Å². The van der Waals surface area contributed by atoms with Crippen molar-refractivity contribution in [3.8, 4) is 11.2 Å². The SMILES string of the molecule is N#CSC1C(=O)c2ccccc2OC1c1ccccc1. The van der Waals surface area contributed by atoms with Crippen LogP contribution in [0.3, 0.4) is 0 Å². The molecule has 1 aliphatic rings. The van der Waals surface area contributed by atoms with E-state index in [0.717, 1.165) is 17.3 Å². The highest BCUT2D eigenvalue weighted by Crippen LogP contribution is 2.39. The zero-order valence-electron chi connectivity index (χ0n) is 10.5. The van der Waals surface area contributed by atoms with Gasteiger partial charge in [-0.2, -0.15) is 5.26 Å². The second kappa shape index (κ2) is 5.40. The van der Waals surface area contributed by atoms with Crippen LogP contribution in [0.2, 0.25) is 0 Å². The van der Waals surface area contributed by atoms with Gasteiger partial charge in [0, 0.05) is 0 Å². The Hall–Kier alpha value is -2.25. The standard InChI is InChI=1S/C16H11NO2S/c17-10-20-16-14(18)12-8-4-5-9-13(12)19-15(16)11-6-2-1-3-7-11/h1-9,15-16H. The largest absolute Gasteiger partial charge is 0.483 e. The highest BCUT2D eigenvalue weighted by molar-refractivity contribution is 8.05. The Labute approximate surface area is 121 Å². The van der Waals surface area contributed by atoms with Crippen LogP contribution < -0.4 is 4.74 Å². The first-order valence-corrected chi connectivity index (χ1v) is 7.09. The van der Waals surface area contributed by atoms with Gasteiger partial charge in [-0.3, -0.25) is 4.79 Å². The molecule has 98 valence electrons. The van der Waals surface area contributed by atoms with Crippen molar-refractivity contribution in [2.24, 2.45) is 0 Å². The summed E-state index contributed by atoms with van der Waals surface area (Å²) >= 11 is 0.958. The Balaban J connectivity index is 2.06. The van der Waals surface area contributed by atoms with E-state index in [4.69, 9.17) is 10.00 Å². The topological polar surface area (TPSA) is 50.1 Å². The lowest BCUT2D eigenvalue weighted by Gasteiger charge is -2.30. The first-order valence-electron chi connectivity index (χ1n) is 6.21. The normalized spacial score (nSPS) is 20.6. The summed E-state index contributed by atoms with van der Waals surface area (Å²) in [5.41, 5.74) is 1.45. The van der Waals surface area contributed by atoms with Gasteiger partial charge in [0.2, 0.25) is 0 Å². The molecule has 0 N–H and O–H groups in total. The van der Waals surface area contributed by atoms with Crippen LogP contribution in [0.15, 0.2) is 54.6 Å². The van der Waals surface area contributed by atoms with E-state index < -0.39 is 11.4 Å². The lowest BCUT2D eigenvalue weighted by molar-refractivity contribution is 0.0868. The molecule has 0 spiro atoms. The number of ketones is 1. The molecule has 0 amide bonds. The van der Waals surface area contributed by atoms with Crippen LogP contribution in [0.4, 0.5) is 0 Å². The van der Waals surface area contributed by atoms with E-state index >= 15 is 0 Å². The van der Waals surface area contributed by atoms with Crippen molar-refractivity contribution < 1.29 is 9.53 Å². The highest BCUT2D eigenvalue weighted by atomic mass is 32.2. The number of hydrogen-bond donors (Lipinski definition) is 0. The Morgan fingerprint density at radius 3 is 2.50 bits per heavy atom. The van der Waals surface area contributed by atoms with E-state index in [9.17, 15) is 4.79 Å². The van der Waals surface area contributed by atoms with Crippen molar-refractivity contribution in [1.82, 2.24) is 0 Å². The van der Waals surface area contributed by atoms with Crippen LogP contribution in [-0.2, 0) is 0 Å². The number of carbonyl (C=O) groups is 1. The van der Waals surface area contributed by atoms with E-state index in [0.29, 0.717) is 11.3 Å². The number of para-hydroxylation sites is 1. The zero-order chi connectivity index (χ0) is 13.9. The van der Waals surface area contributed by atoms with Crippen LogP contribution in [-0.4, -0.2) is 11.0 Å². The summed E-state index contributed by atoms with van der Waals surface area (Å²) in [5, 5.41) is 10.4. The fraction of sp³-hybridized carbons (Fsp3) is 0.125. The molecule has 2 aromatic carbocycles. The van der Waals surface area contributed by atoms with Crippen molar-refractivity contribution in [2.75, 3.05) is 0 Å². The number of thiocyanates is 1. The lowest BCUT2D eigenvalue weighted by Crippen LogP contribution is -2.33. The number of carbonyl (C=O) groups excluding carboxylic acids is 1. The van der Waals surface area contributed by atoms with Crippen molar-refractivity contribution in [3.05, 3.63) is 65.7 Å². The van der Waals surface area contributed by atoms with Crippen LogP contribution in [0.5, 0.6) is 5.75 Å². The molecule has 2 aromatic rings. The Morgan fingerprint density at radius 2 is 1.75 bits per heavy atom. The third kappa shape index (κ3) is 2.17. The number of fused-ring (bicyclic) bond motifs is 1. The van der Waals surface area contributed by atoms with Gasteiger partial charge in [-0.05, 0) is 29.5 Å². The smallest absolute Gasteiger partial charge is 0.184 e. The van der Waals surface area contributed by atoms with E-state index in [2.05, 4.69) is 0 Å². The monoisotopic (exact) mass is 281 g/mol. The third-order valence-corrected chi connectivity index (χ3v) is 4.07. The van der Waals surface area contributed by atoms with Crippen molar-refractivity contribution in [3.63, 3.8) is 0 Å².